The number of nitrogens with one attached hydrogen (secondary N) is 1. The van der Waals surface area contributed by atoms with Crippen LogP contribution in [0.15, 0.2) is 24.5 Å². The number of hydrogen-bond acceptors (Lipinski definition) is 5. The Hall–Kier alpha value is -1.95. The van der Waals surface area contributed by atoms with Gasteiger partial charge in [-0.15, -0.1) is 11.3 Å². The molecule has 2 aromatic heterocycles. The van der Waals surface area contributed by atoms with Crippen molar-refractivity contribution < 1.29 is 4.79 Å². The van der Waals surface area contributed by atoms with E-state index in [0.717, 1.165) is 55.2 Å². The maximum atomic E-state index is 12.6. The van der Waals surface area contributed by atoms with Crippen LogP contribution in [0.5, 0.6) is 0 Å². The highest BCUT2D eigenvalue weighted by Gasteiger charge is 2.22. The Morgan fingerprint density at radius 2 is 2.17 bits per heavy atom. The third-order valence-corrected chi connectivity index (χ3v) is 5.53. The molecule has 0 spiro atoms. The topological polar surface area (TPSA) is 58.1 Å². The smallest absolute Gasteiger partial charge is 0.263 e. The minimum atomic E-state index is 0.187. The van der Waals surface area contributed by atoms with Gasteiger partial charge in [0, 0.05) is 25.0 Å². The van der Waals surface area contributed by atoms with E-state index in [1.807, 2.05) is 37.2 Å². The van der Waals surface area contributed by atoms with Crippen LogP contribution in [0.25, 0.3) is 0 Å². The van der Waals surface area contributed by atoms with Crippen LogP contribution in [0, 0.1) is 12.8 Å². The fourth-order valence-corrected chi connectivity index (χ4v) is 4.00. The average Bonchev–Trinajstić information content (AvgIpc) is 2.90. The summed E-state index contributed by atoms with van der Waals surface area (Å²) in [5, 5.41) is 2.99. The standard InChI is InChI=1S/C18H24N4OS/c1-13-5-6-16(24-13)18(23)22-8-3-4-14(7-9-22)10-15-11-21-17(19-2)12-20-15/h5-6,11-12,14H,3-4,7-10H2,1-2H3,(H,19,21). The minimum absolute atomic E-state index is 0.187. The van der Waals surface area contributed by atoms with Crippen molar-refractivity contribution in [2.75, 3.05) is 25.5 Å². The van der Waals surface area contributed by atoms with E-state index >= 15 is 0 Å². The predicted octanol–water partition coefficient (Wildman–Crippen LogP) is 3.37. The first-order valence-corrected chi connectivity index (χ1v) is 9.31. The number of thiophene rings is 1. The van der Waals surface area contributed by atoms with Gasteiger partial charge < -0.3 is 10.2 Å². The van der Waals surface area contributed by atoms with Crippen LogP contribution in [-0.2, 0) is 6.42 Å². The van der Waals surface area contributed by atoms with Crippen molar-refractivity contribution in [1.29, 1.82) is 0 Å². The lowest BCUT2D eigenvalue weighted by Gasteiger charge is -2.19. The summed E-state index contributed by atoms with van der Waals surface area (Å²) in [5.41, 5.74) is 1.03. The molecule has 2 aromatic rings. The summed E-state index contributed by atoms with van der Waals surface area (Å²) in [6, 6.07) is 3.97. The second-order valence-electron chi connectivity index (χ2n) is 6.35. The zero-order chi connectivity index (χ0) is 16.9. The summed E-state index contributed by atoms with van der Waals surface area (Å²) in [6.07, 6.45) is 7.81. The highest BCUT2D eigenvalue weighted by Crippen LogP contribution is 2.24. The van der Waals surface area contributed by atoms with Gasteiger partial charge in [0.1, 0.15) is 5.82 Å². The van der Waals surface area contributed by atoms with E-state index in [9.17, 15) is 4.79 Å². The second kappa shape index (κ2) is 7.75. The lowest BCUT2D eigenvalue weighted by molar-refractivity contribution is 0.0765. The quantitative estimate of drug-likeness (QED) is 0.924. The molecule has 1 fully saturated rings. The zero-order valence-corrected chi connectivity index (χ0v) is 15.1. The van der Waals surface area contributed by atoms with Crippen LogP contribution in [-0.4, -0.2) is 40.9 Å². The van der Waals surface area contributed by atoms with E-state index in [1.54, 1.807) is 17.5 Å². The first kappa shape index (κ1) is 16.9. The number of carbonyl (C=O) groups excluding carboxylic acids is 1. The first-order valence-electron chi connectivity index (χ1n) is 8.50. The molecular weight excluding hydrogens is 320 g/mol. The van der Waals surface area contributed by atoms with Gasteiger partial charge in [0.05, 0.1) is 23.0 Å². The molecule has 3 rings (SSSR count). The van der Waals surface area contributed by atoms with Gasteiger partial charge in [0.2, 0.25) is 0 Å². The summed E-state index contributed by atoms with van der Waals surface area (Å²) in [4.78, 5) is 25.5. The van der Waals surface area contributed by atoms with Crippen molar-refractivity contribution in [2.24, 2.45) is 5.92 Å². The van der Waals surface area contributed by atoms with Crippen molar-refractivity contribution in [3.05, 3.63) is 40.0 Å². The third-order valence-electron chi connectivity index (χ3n) is 4.55. The number of anilines is 1. The van der Waals surface area contributed by atoms with Crippen molar-refractivity contribution in [3.63, 3.8) is 0 Å². The summed E-state index contributed by atoms with van der Waals surface area (Å²) in [7, 11) is 1.84. The van der Waals surface area contributed by atoms with Crippen molar-refractivity contribution in [1.82, 2.24) is 14.9 Å². The Balaban J connectivity index is 1.57. The molecule has 1 saturated heterocycles. The van der Waals surface area contributed by atoms with Crippen LogP contribution < -0.4 is 5.32 Å². The molecule has 5 nitrogen and oxygen atoms in total. The maximum Gasteiger partial charge on any atom is 0.263 e. The molecule has 1 amide bonds. The van der Waals surface area contributed by atoms with E-state index in [1.165, 1.54) is 4.88 Å². The van der Waals surface area contributed by atoms with Crippen LogP contribution >= 0.6 is 11.3 Å². The molecule has 0 saturated carbocycles. The van der Waals surface area contributed by atoms with Gasteiger partial charge in [-0.1, -0.05) is 0 Å². The van der Waals surface area contributed by atoms with Gasteiger partial charge in [0.15, 0.2) is 0 Å². The van der Waals surface area contributed by atoms with Gasteiger partial charge in [0.25, 0.3) is 5.91 Å². The molecule has 128 valence electrons. The Morgan fingerprint density at radius 1 is 1.29 bits per heavy atom. The van der Waals surface area contributed by atoms with Gasteiger partial charge in [-0.2, -0.15) is 0 Å². The predicted molar refractivity (Wildman–Crippen MR) is 97.6 cm³/mol. The Bertz CT molecular complexity index is 683. The second-order valence-corrected chi connectivity index (χ2v) is 7.63. The van der Waals surface area contributed by atoms with Gasteiger partial charge in [-0.25, -0.2) is 4.98 Å². The molecule has 0 aromatic carbocycles. The van der Waals surface area contributed by atoms with E-state index in [-0.39, 0.29) is 5.91 Å². The van der Waals surface area contributed by atoms with Crippen LogP contribution in [0.4, 0.5) is 5.82 Å². The summed E-state index contributed by atoms with van der Waals surface area (Å²) in [5.74, 6) is 1.55. The third kappa shape index (κ3) is 4.12. The van der Waals surface area contributed by atoms with Crippen molar-refractivity contribution >= 4 is 23.1 Å². The molecule has 1 N–H and O–H groups in total. The summed E-state index contributed by atoms with van der Waals surface area (Å²) < 4.78 is 0. The van der Waals surface area contributed by atoms with Gasteiger partial charge in [-0.3, -0.25) is 9.78 Å². The monoisotopic (exact) mass is 344 g/mol. The van der Waals surface area contributed by atoms with Crippen molar-refractivity contribution in [2.45, 2.75) is 32.6 Å². The summed E-state index contributed by atoms with van der Waals surface area (Å²) in [6.45, 7) is 3.74. The maximum absolute atomic E-state index is 12.6. The van der Waals surface area contributed by atoms with E-state index in [2.05, 4.69) is 15.3 Å². The molecule has 0 bridgehead atoms. The summed E-state index contributed by atoms with van der Waals surface area (Å²) >= 11 is 1.59. The highest BCUT2D eigenvalue weighted by atomic mass is 32.1. The molecule has 3 heterocycles. The molecule has 6 heteroatoms. The number of nitrogens with zero attached hydrogens (tertiary/aromatic N) is 3. The lowest BCUT2D eigenvalue weighted by atomic mass is 9.95. The number of likely N-dealkylation sites (tertiary alicyclic amines) is 1. The van der Waals surface area contributed by atoms with Gasteiger partial charge in [-0.05, 0) is 50.7 Å². The first-order chi connectivity index (χ1) is 11.7. The van der Waals surface area contributed by atoms with Crippen LogP contribution in [0.1, 0.15) is 39.5 Å². The number of amides is 1. The number of carbonyl (C=O) groups is 1. The lowest BCUT2D eigenvalue weighted by Crippen LogP contribution is -2.31. The van der Waals surface area contributed by atoms with Crippen molar-refractivity contribution in [3.8, 4) is 0 Å². The molecule has 1 unspecified atom stereocenters. The van der Waals surface area contributed by atoms with Gasteiger partial charge >= 0.3 is 0 Å². The molecular formula is C18H24N4OS. The highest BCUT2D eigenvalue weighted by molar-refractivity contribution is 7.13. The Kier molecular flexibility index (Phi) is 5.45. The molecule has 24 heavy (non-hydrogen) atoms. The average molecular weight is 344 g/mol. The molecule has 1 atom stereocenters. The minimum Gasteiger partial charge on any atom is -0.372 e. The fraction of sp³-hybridized carbons (Fsp3) is 0.500. The Morgan fingerprint density at radius 3 is 2.83 bits per heavy atom. The van der Waals surface area contributed by atoms with E-state index in [0.29, 0.717) is 5.92 Å². The molecule has 1 aliphatic heterocycles. The zero-order valence-electron chi connectivity index (χ0n) is 14.3. The number of hydrogen-bond donors (Lipinski definition) is 1. The normalized spacial score (nSPS) is 18.2. The van der Waals surface area contributed by atoms with Crippen LogP contribution in [0.2, 0.25) is 0 Å². The molecule has 1 aliphatic rings. The molecule has 0 aliphatic carbocycles. The van der Waals surface area contributed by atoms with Crippen LogP contribution in [0.3, 0.4) is 0 Å². The number of rotatable bonds is 4. The number of aromatic nitrogens is 2. The number of aryl methyl sites for hydroxylation is 1. The SMILES string of the molecule is CNc1cnc(CC2CCCN(C(=O)c3ccc(C)s3)CC2)cn1. The Labute approximate surface area is 147 Å². The van der Waals surface area contributed by atoms with E-state index < -0.39 is 0 Å². The fourth-order valence-electron chi connectivity index (χ4n) is 3.16. The largest absolute Gasteiger partial charge is 0.372 e. The molecule has 0 radical (unpaired) electrons. The van der Waals surface area contributed by atoms with E-state index in [4.69, 9.17) is 0 Å².